The maximum absolute atomic E-state index is 4.01. The number of rotatable bonds is 1. The Kier molecular flexibility index (Phi) is 3.83. The minimum Gasteiger partial charge on any atom is -0.263 e. The lowest BCUT2D eigenvalue weighted by Crippen LogP contribution is -1.82. The highest BCUT2D eigenvalue weighted by Gasteiger charge is 1.90. The van der Waals surface area contributed by atoms with Crippen molar-refractivity contribution < 1.29 is 0 Å². The van der Waals surface area contributed by atoms with Gasteiger partial charge in [0.05, 0.1) is 0 Å². The van der Waals surface area contributed by atoms with Crippen molar-refractivity contribution in [3.63, 3.8) is 0 Å². The van der Waals surface area contributed by atoms with E-state index in [0.29, 0.717) is 0 Å². The molecule has 0 saturated heterocycles. The van der Waals surface area contributed by atoms with Gasteiger partial charge >= 0.3 is 0 Å². The fraction of sp³-hybridized carbons (Fsp3) is 0.300. The summed E-state index contributed by atoms with van der Waals surface area (Å²) in [5.74, 6) is 6.13. The van der Waals surface area contributed by atoms with Crippen molar-refractivity contribution in [3.05, 3.63) is 29.6 Å². The summed E-state index contributed by atoms with van der Waals surface area (Å²) in [6.07, 6.45) is 4.47. The molecular weight excluding hydrogens is 214 g/mol. The van der Waals surface area contributed by atoms with Crippen LogP contribution in [0.5, 0.6) is 0 Å². The van der Waals surface area contributed by atoms with E-state index in [2.05, 4.69) is 32.8 Å². The van der Waals surface area contributed by atoms with Gasteiger partial charge in [-0.3, -0.25) is 4.98 Å². The molecule has 0 unspecified atom stereocenters. The van der Waals surface area contributed by atoms with Crippen molar-refractivity contribution >= 4 is 15.9 Å². The molecule has 1 aromatic rings. The van der Waals surface area contributed by atoms with Crippen molar-refractivity contribution in [3.8, 4) is 11.8 Å². The minimum atomic E-state index is 0.883. The second-order valence-corrected chi connectivity index (χ2v) is 3.22. The van der Waals surface area contributed by atoms with Gasteiger partial charge in [0, 0.05) is 29.7 Å². The third-order valence-electron chi connectivity index (χ3n) is 1.48. The highest BCUT2D eigenvalue weighted by molar-refractivity contribution is 9.09. The van der Waals surface area contributed by atoms with Crippen LogP contribution in [-0.2, 0) is 0 Å². The SMILES string of the molecule is Cc1ccncc1C#CCCBr. The van der Waals surface area contributed by atoms with Gasteiger partial charge in [0.15, 0.2) is 0 Å². The first-order chi connectivity index (χ1) is 5.84. The topological polar surface area (TPSA) is 12.9 Å². The summed E-state index contributed by atoms with van der Waals surface area (Å²) in [4.78, 5) is 4.01. The van der Waals surface area contributed by atoms with E-state index in [4.69, 9.17) is 0 Å². The zero-order valence-electron chi connectivity index (χ0n) is 6.97. The summed E-state index contributed by atoms with van der Waals surface area (Å²) in [5.41, 5.74) is 2.21. The number of nitrogens with zero attached hydrogens (tertiary/aromatic N) is 1. The lowest BCUT2D eigenvalue weighted by molar-refractivity contribution is 1.26. The molecule has 0 bridgehead atoms. The van der Waals surface area contributed by atoms with E-state index in [1.165, 1.54) is 5.56 Å². The largest absolute Gasteiger partial charge is 0.263 e. The van der Waals surface area contributed by atoms with Crippen LogP contribution in [-0.4, -0.2) is 10.3 Å². The molecule has 0 radical (unpaired) electrons. The van der Waals surface area contributed by atoms with Gasteiger partial charge in [0.25, 0.3) is 0 Å². The Hall–Kier alpha value is -0.810. The number of alkyl halides is 1. The van der Waals surface area contributed by atoms with Gasteiger partial charge in [-0.25, -0.2) is 0 Å². The van der Waals surface area contributed by atoms with Gasteiger partial charge < -0.3 is 0 Å². The fourth-order valence-corrected chi connectivity index (χ4v) is 0.998. The predicted molar refractivity (Wildman–Crippen MR) is 54.3 cm³/mol. The average molecular weight is 224 g/mol. The first-order valence-corrected chi connectivity index (χ1v) is 4.92. The highest BCUT2D eigenvalue weighted by atomic mass is 79.9. The summed E-state index contributed by atoms with van der Waals surface area (Å²) < 4.78 is 0. The summed E-state index contributed by atoms with van der Waals surface area (Å²) in [6, 6.07) is 1.97. The molecule has 62 valence electrons. The molecule has 0 aliphatic rings. The molecule has 0 aromatic carbocycles. The Bertz CT molecular complexity index is 309. The summed E-state index contributed by atoms with van der Waals surface area (Å²) in [6.45, 7) is 2.04. The van der Waals surface area contributed by atoms with E-state index >= 15 is 0 Å². The molecule has 1 aromatic heterocycles. The lowest BCUT2D eigenvalue weighted by atomic mass is 10.2. The molecule has 1 nitrogen and oxygen atoms in total. The van der Waals surface area contributed by atoms with Crippen LogP contribution in [0.2, 0.25) is 0 Å². The van der Waals surface area contributed by atoms with Crippen molar-refractivity contribution in [1.29, 1.82) is 0 Å². The second kappa shape index (κ2) is 4.95. The van der Waals surface area contributed by atoms with E-state index in [0.717, 1.165) is 17.3 Å². The third kappa shape index (κ3) is 2.67. The van der Waals surface area contributed by atoms with Gasteiger partial charge in [-0.2, -0.15) is 0 Å². The standard InChI is InChI=1S/C10H10BrN/c1-9-5-7-12-8-10(9)4-2-3-6-11/h5,7-8H,3,6H2,1H3. The highest BCUT2D eigenvalue weighted by Crippen LogP contribution is 2.02. The Labute approximate surface area is 81.3 Å². The second-order valence-electron chi connectivity index (χ2n) is 2.43. The van der Waals surface area contributed by atoms with Gasteiger partial charge in [-0.15, -0.1) is 0 Å². The van der Waals surface area contributed by atoms with E-state index in [1.807, 2.05) is 13.0 Å². The number of aromatic nitrogens is 1. The first kappa shape index (κ1) is 9.28. The molecule has 2 heteroatoms. The van der Waals surface area contributed by atoms with Crippen LogP contribution < -0.4 is 0 Å². The molecule has 0 fully saturated rings. The van der Waals surface area contributed by atoms with E-state index in [-0.39, 0.29) is 0 Å². The van der Waals surface area contributed by atoms with Crippen LogP contribution in [0, 0.1) is 18.8 Å². The molecule has 12 heavy (non-hydrogen) atoms. The average Bonchev–Trinajstić information content (AvgIpc) is 2.09. The maximum Gasteiger partial charge on any atom is 0.0457 e. The number of halogens is 1. The summed E-state index contributed by atoms with van der Waals surface area (Å²) >= 11 is 3.32. The fourth-order valence-electron chi connectivity index (χ4n) is 0.800. The predicted octanol–water partition coefficient (Wildman–Crippen LogP) is 2.53. The van der Waals surface area contributed by atoms with Gasteiger partial charge in [0.1, 0.15) is 0 Å². The van der Waals surface area contributed by atoms with E-state index in [9.17, 15) is 0 Å². The monoisotopic (exact) mass is 223 g/mol. The Balaban J connectivity index is 2.77. The number of hydrogen-bond donors (Lipinski definition) is 0. The van der Waals surface area contributed by atoms with E-state index < -0.39 is 0 Å². The third-order valence-corrected chi connectivity index (χ3v) is 1.88. The molecule has 0 spiro atoms. The Morgan fingerprint density at radius 2 is 2.42 bits per heavy atom. The first-order valence-electron chi connectivity index (χ1n) is 3.80. The number of aryl methyl sites for hydroxylation is 1. The van der Waals surface area contributed by atoms with Crippen molar-refractivity contribution in [1.82, 2.24) is 4.98 Å². The lowest BCUT2D eigenvalue weighted by Gasteiger charge is -1.93. The molecule has 0 atom stereocenters. The minimum absolute atomic E-state index is 0.883. The Morgan fingerprint density at radius 3 is 3.08 bits per heavy atom. The molecule has 0 aliphatic heterocycles. The van der Waals surface area contributed by atoms with Crippen LogP contribution in [0.1, 0.15) is 17.5 Å². The molecule has 0 aliphatic carbocycles. The van der Waals surface area contributed by atoms with E-state index in [1.54, 1.807) is 12.4 Å². The summed E-state index contributed by atoms with van der Waals surface area (Å²) in [7, 11) is 0. The van der Waals surface area contributed by atoms with Crippen molar-refractivity contribution in [2.45, 2.75) is 13.3 Å². The normalized spacial score (nSPS) is 8.83. The quantitative estimate of drug-likeness (QED) is 0.527. The zero-order valence-corrected chi connectivity index (χ0v) is 8.56. The maximum atomic E-state index is 4.01. The molecule has 0 N–H and O–H groups in total. The smallest absolute Gasteiger partial charge is 0.0457 e. The number of hydrogen-bond acceptors (Lipinski definition) is 1. The van der Waals surface area contributed by atoms with Gasteiger partial charge in [-0.05, 0) is 18.6 Å². The zero-order chi connectivity index (χ0) is 8.81. The molecule has 0 saturated carbocycles. The van der Waals surface area contributed by atoms with Crippen molar-refractivity contribution in [2.24, 2.45) is 0 Å². The van der Waals surface area contributed by atoms with Crippen LogP contribution in [0.4, 0.5) is 0 Å². The molecular formula is C10H10BrN. The molecule has 0 amide bonds. The summed E-state index contributed by atoms with van der Waals surface area (Å²) in [5, 5.41) is 0.930. The van der Waals surface area contributed by atoms with Crippen molar-refractivity contribution in [2.75, 3.05) is 5.33 Å². The molecule has 1 heterocycles. The van der Waals surface area contributed by atoms with Crippen LogP contribution in [0.25, 0.3) is 0 Å². The van der Waals surface area contributed by atoms with Gasteiger partial charge in [0.2, 0.25) is 0 Å². The Morgan fingerprint density at radius 1 is 1.58 bits per heavy atom. The van der Waals surface area contributed by atoms with Crippen LogP contribution in [0.15, 0.2) is 18.5 Å². The van der Waals surface area contributed by atoms with Crippen LogP contribution >= 0.6 is 15.9 Å². The molecule has 1 rings (SSSR count). The van der Waals surface area contributed by atoms with Crippen LogP contribution in [0.3, 0.4) is 0 Å². The van der Waals surface area contributed by atoms with Gasteiger partial charge in [-0.1, -0.05) is 27.8 Å². The number of pyridine rings is 1.